The molecule has 1 aliphatic heterocycles. The number of carbonyl (C=O) groups is 2. The van der Waals surface area contributed by atoms with Crippen LogP contribution < -0.4 is 0 Å². The van der Waals surface area contributed by atoms with Gasteiger partial charge < -0.3 is 9.47 Å². The molecule has 1 rings (SSSR count). The molecule has 0 N–H and O–H groups in total. The van der Waals surface area contributed by atoms with Crippen molar-refractivity contribution in [1.29, 1.82) is 0 Å². The van der Waals surface area contributed by atoms with Crippen LogP contribution in [0, 0.1) is 11.3 Å². The fourth-order valence-electron chi connectivity index (χ4n) is 2.26. The first-order valence-corrected chi connectivity index (χ1v) is 6.27. The number of ether oxygens (including phenoxy) is 2. The first-order chi connectivity index (χ1) is 8.27. The van der Waals surface area contributed by atoms with E-state index in [1.165, 1.54) is 4.90 Å². The van der Waals surface area contributed by atoms with Crippen LogP contribution in [0.5, 0.6) is 0 Å². The van der Waals surface area contributed by atoms with E-state index in [0.29, 0.717) is 19.6 Å². The van der Waals surface area contributed by atoms with Crippen LogP contribution >= 0.6 is 0 Å². The maximum atomic E-state index is 12.1. The van der Waals surface area contributed by atoms with Gasteiger partial charge in [0.1, 0.15) is 6.61 Å². The molecule has 2 unspecified atom stereocenters. The van der Waals surface area contributed by atoms with E-state index in [-0.39, 0.29) is 23.3 Å². The highest BCUT2D eigenvalue weighted by Crippen LogP contribution is 2.33. The summed E-state index contributed by atoms with van der Waals surface area (Å²) in [5.74, 6) is -0.121. The molecule has 0 aliphatic carbocycles. The minimum absolute atomic E-state index is 0.0347. The molecule has 0 aromatic heterocycles. The summed E-state index contributed by atoms with van der Waals surface area (Å²) in [6.45, 7) is 8.82. The van der Waals surface area contributed by atoms with Crippen LogP contribution in [-0.2, 0) is 14.3 Å². The monoisotopic (exact) mass is 257 g/mol. The van der Waals surface area contributed by atoms with Crippen molar-refractivity contribution in [3.63, 3.8) is 0 Å². The zero-order chi connectivity index (χ0) is 13.9. The van der Waals surface area contributed by atoms with E-state index in [1.807, 2.05) is 6.92 Å². The Balaban J connectivity index is 2.72. The Morgan fingerprint density at radius 3 is 2.50 bits per heavy atom. The van der Waals surface area contributed by atoms with E-state index >= 15 is 0 Å². The number of rotatable bonds is 4. The van der Waals surface area contributed by atoms with E-state index < -0.39 is 6.09 Å². The first-order valence-electron chi connectivity index (χ1n) is 6.27. The molecule has 0 bridgehead atoms. The van der Waals surface area contributed by atoms with Gasteiger partial charge in [-0.25, -0.2) is 9.69 Å². The quantitative estimate of drug-likeness (QED) is 0.773. The van der Waals surface area contributed by atoms with Gasteiger partial charge in [-0.05, 0) is 18.3 Å². The molecule has 2 amide bonds. The lowest BCUT2D eigenvalue weighted by atomic mass is 9.75. The van der Waals surface area contributed by atoms with Crippen molar-refractivity contribution in [2.24, 2.45) is 11.3 Å². The van der Waals surface area contributed by atoms with Crippen LogP contribution in [-0.4, -0.2) is 43.3 Å². The molecule has 0 saturated carbocycles. The Bertz CT molecular complexity index is 321. The molecular formula is C13H23NO4. The number of carbonyl (C=O) groups excluding carboxylic acids is 2. The second-order valence-corrected chi connectivity index (χ2v) is 5.78. The summed E-state index contributed by atoms with van der Waals surface area (Å²) in [7, 11) is 1.64. The topological polar surface area (TPSA) is 55.8 Å². The van der Waals surface area contributed by atoms with Crippen molar-refractivity contribution in [1.82, 2.24) is 4.90 Å². The molecule has 1 saturated heterocycles. The van der Waals surface area contributed by atoms with Gasteiger partial charge in [0.15, 0.2) is 0 Å². The third-order valence-corrected chi connectivity index (χ3v) is 3.51. The van der Waals surface area contributed by atoms with Crippen LogP contribution in [0.4, 0.5) is 4.79 Å². The number of cyclic esters (lactones) is 1. The van der Waals surface area contributed by atoms with Gasteiger partial charge in [-0.15, -0.1) is 0 Å². The van der Waals surface area contributed by atoms with Gasteiger partial charge in [0.05, 0.1) is 12.6 Å². The Hall–Kier alpha value is -1.10. The third kappa shape index (κ3) is 3.45. The van der Waals surface area contributed by atoms with Gasteiger partial charge in [0, 0.05) is 13.5 Å². The van der Waals surface area contributed by atoms with Crippen molar-refractivity contribution < 1.29 is 19.1 Å². The van der Waals surface area contributed by atoms with E-state index in [1.54, 1.807) is 7.11 Å². The van der Waals surface area contributed by atoms with Crippen LogP contribution in [0.15, 0.2) is 0 Å². The van der Waals surface area contributed by atoms with Crippen LogP contribution in [0.3, 0.4) is 0 Å². The highest BCUT2D eigenvalue weighted by molar-refractivity contribution is 5.93. The van der Waals surface area contributed by atoms with E-state index in [9.17, 15) is 9.59 Å². The van der Waals surface area contributed by atoms with E-state index in [2.05, 4.69) is 20.8 Å². The zero-order valence-corrected chi connectivity index (χ0v) is 11.9. The highest BCUT2D eigenvalue weighted by atomic mass is 16.6. The summed E-state index contributed by atoms with van der Waals surface area (Å²) in [5, 5.41) is 0. The van der Waals surface area contributed by atoms with Gasteiger partial charge in [0.2, 0.25) is 5.91 Å². The Morgan fingerprint density at radius 1 is 1.50 bits per heavy atom. The summed E-state index contributed by atoms with van der Waals surface area (Å²) in [6, 6.07) is 0. The molecule has 0 aromatic carbocycles. The molecule has 1 heterocycles. The second-order valence-electron chi connectivity index (χ2n) is 5.78. The fourth-order valence-corrected chi connectivity index (χ4v) is 2.26. The normalized spacial score (nSPS) is 19.6. The third-order valence-electron chi connectivity index (χ3n) is 3.51. The molecule has 0 spiro atoms. The maximum absolute atomic E-state index is 12.1. The van der Waals surface area contributed by atoms with Gasteiger partial charge in [-0.1, -0.05) is 20.8 Å². The summed E-state index contributed by atoms with van der Waals surface area (Å²) >= 11 is 0. The predicted molar refractivity (Wildman–Crippen MR) is 67.1 cm³/mol. The predicted octanol–water partition coefficient (Wildman–Crippen LogP) is 2.05. The fraction of sp³-hybridized carbons (Fsp3) is 0.846. The lowest BCUT2D eigenvalue weighted by Gasteiger charge is -2.34. The molecular weight excluding hydrogens is 234 g/mol. The summed E-state index contributed by atoms with van der Waals surface area (Å²) in [6.07, 6.45) is -0.265. The maximum Gasteiger partial charge on any atom is 0.416 e. The number of imide groups is 1. The van der Waals surface area contributed by atoms with Crippen molar-refractivity contribution in [2.45, 2.75) is 40.2 Å². The van der Waals surface area contributed by atoms with Crippen LogP contribution in [0.1, 0.15) is 34.1 Å². The van der Waals surface area contributed by atoms with Crippen molar-refractivity contribution >= 4 is 12.0 Å². The van der Waals surface area contributed by atoms with Crippen molar-refractivity contribution in [3.05, 3.63) is 0 Å². The SMILES string of the molecule is COC(C)C(CC(=O)N1CCOC1=O)C(C)(C)C. The summed E-state index contributed by atoms with van der Waals surface area (Å²) in [5.41, 5.74) is -0.0608. The first kappa shape index (κ1) is 15.0. The van der Waals surface area contributed by atoms with Crippen LogP contribution in [0.25, 0.3) is 0 Å². The molecule has 104 valence electrons. The highest BCUT2D eigenvalue weighted by Gasteiger charge is 2.36. The average Bonchev–Trinajstić information content (AvgIpc) is 2.69. The minimum atomic E-state index is -0.530. The second kappa shape index (κ2) is 5.69. The number of hydrogen-bond acceptors (Lipinski definition) is 4. The Morgan fingerprint density at radius 2 is 2.11 bits per heavy atom. The molecule has 0 radical (unpaired) electrons. The number of nitrogens with zero attached hydrogens (tertiary/aromatic N) is 1. The van der Waals surface area contributed by atoms with Gasteiger partial charge in [-0.2, -0.15) is 0 Å². The van der Waals surface area contributed by atoms with Gasteiger partial charge in [-0.3, -0.25) is 4.79 Å². The molecule has 18 heavy (non-hydrogen) atoms. The standard InChI is InChI=1S/C13H23NO4/c1-9(17-5)10(13(2,3)4)8-11(15)14-6-7-18-12(14)16/h9-10H,6-8H2,1-5H3. The van der Waals surface area contributed by atoms with Gasteiger partial charge >= 0.3 is 6.09 Å². The van der Waals surface area contributed by atoms with Crippen molar-refractivity contribution in [2.75, 3.05) is 20.3 Å². The largest absolute Gasteiger partial charge is 0.447 e. The van der Waals surface area contributed by atoms with Gasteiger partial charge in [0.25, 0.3) is 0 Å². The smallest absolute Gasteiger partial charge is 0.416 e. The Kier molecular flexibility index (Phi) is 4.73. The number of methoxy groups -OCH3 is 1. The van der Waals surface area contributed by atoms with Crippen LogP contribution in [0.2, 0.25) is 0 Å². The molecule has 5 heteroatoms. The minimum Gasteiger partial charge on any atom is -0.447 e. The lowest BCUT2D eigenvalue weighted by molar-refractivity contribution is -0.131. The molecule has 2 atom stereocenters. The molecule has 5 nitrogen and oxygen atoms in total. The molecule has 0 aromatic rings. The summed E-state index contributed by atoms with van der Waals surface area (Å²) < 4.78 is 10.1. The Labute approximate surface area is 108 Å². The average molecular weight is 257 g/mol. The number of hydrogen-bond donors (Lipinski definition) is 0. The lowest BCUT2D eigenvalue weighted by Crippen LogP contribution is -2.39. The van der Waals surface area contributed by atoms with E-state index in [4.69, 9.17) is 9.47 Å². The summed E-state index contributed by atoms with van der Waals surface area (Å²) in [4.78, 5) is 24.6. The number of amides is 2. The van der Waals surface area contributed by atoms with Crippen molar-refractivity contribution in [3.8, 4) is 0 Å². The molecule has 1 fully saturated rings. The van der Waals surface area contributed by atoms with E-state index in [0.717, 1.165) is 0 Å². The zero-order valence-electron chi connectivity index (χ0n) is 11.9. The molecule has 1 aliphatic rings.